The summed E-state index contributed by atoms with van der Waals surface area (Å²) in [6.45, 7) is 3.69. The van der Waals surface area contributed by atoms with Crippen molar-refractivity contribution in [1.29, 1.82) is 0 Å². The standard InChI is InChI=1S/C11H12ClO/c1-2-3-7-11(13)9-5-4-6-10(12)8-9/h4-6,8H,1-3,7H2. The van der Waals surface area contributed by atoms with Crippen molar-refractivity contribution in [3.63, 3.8) is 0 Å². The van der Waals surface area contributed by atoms with Gasteiger partial charge in [0.15, 0.2) is 5.78 Å². The average Bonchev–Trinajstić information content (AvgIpc) is 2.14. The SMILES string of the molecule is [CH2]CCCC(=O)c1cccc(Cl)c1. The van der Waals surface area contributed by atoms with Gasteiger partial charge in [-0.1, -0.05) is 37.1 Å². The Morgan fingerprint density at radius 3 is 2.85 bits per heavy atom. The Kier molecular flexibility index (Phi) is 3.97. The first-order valence-electron chi connectivity index (χ1n) is 4.32. The van der Waals surface area contributed by atoms with Crippen molar-refractivity contribution >= 4 is 17.4 Å². The van der Waals surface area contributed by atoms with Gasteiger partial charge in [0.1, 0.15) is 0 Å². The van der Waals surface area contributed by atoms with E-state index in [9.17, 15) is 4.79 Å². The Bertz CT molecular complexity index is 294. The first kappa shape index (κ1) is 10.3. The van der Waals surface area contributed by atoms with Crippen LogP contribution in [0.4, 0.5) is 0 Å². The summed E-state index contributed by atoms with van der Waals surface area (Å²) in [7, 11) is 0. The smallest absolute Gasteiger partial charge is 0.162 e. The summed E-state index contributed by atoms with van der Waals surface area (Å²) in [6.07, 6.45) is 2.20. The molecule has 0 bridgehead atoms. The maximum absolute atomic E-state index is 11.5. The van der Waals surface area contributed by atoms with Crippen molar-refractivity contribution in [2.45, 2.75) is 19.3 Å². The van der Waals surface area contributed by atoms with Gasteiger partial charge in [0.25, 0.3) is 0 Å². The lowest BCUT2D eigenvalue weighted by Crippen LogP contribution is -1.97. The second-order valence-corrected chi connectivity index (χ2v) is 3.33. The molecule has 0 saturated carbocycles. The lowest BCUT2D eigenvalue weighted by molar-refractivity contribution is 0.0980. The Labute approximate surface area is 83.7 Å². The van der Waals surface area contributed by atoms with Crippen LogP contribution in [0.2, 0.25) is 5.02 Å². The van der Waals surface area contributed by atoms with Gasteiger partial charge in [0.2, 0.25) is 0 Å². The maximum atomic E-state index is 11.5. The van der Waals surface area contributed by atoms with E-state index in [0.29, 0.717) is 17.0 Å². The van der Waals surface area contributed by atoms with Crippen molar-refractivity contribution < 1.29 is 4.79 Å². The molecule has 0 unspecified atom stereocenters. The van der Waals surface area contributed by atoms with Gasteiger partial charge in [-0.2, -0.15) is 0 Å². The van der Waals surface area contributed by atoms with Gasteiger partial charge in [0.05, 0.1) is 0 Å². The minimum absolute atomic E-state index is 0.145. The van der Waals surface area contributed by atoms with Crippen molar-refractivity contribution in [2.75, 3.05) is 0 Å². The molecule has 1 aromatic rings. The van der Waals surface area contributed by atoms with E-state index in [4.69, 9.17) is 11.6 Å². The molecule has 0 aliphatic carbocycles. The Balaban J connectivity index is 2.66. The van der Waals surface area contributed by atoms with Gasteiger partial charge in [-0.25, -0.2) is 0 Å². The van der Waals surface area contributed by atoms with Crippen molar-refractivity contribution in [3.05, 3.63) is 41.8 Å². The molecule has 0 amide bonds. The number of halogens is 1. The normalized spacial score (nSPS) is 10.0. The zero-order chi connectivity index (χ0) is 9.68. The Morgan fingerprint density at radius 2 is 2.23 bits per heavy atom. The third-order valence-corrected chi connectivity index (χ3v) is 2.04. The number of carbonyl (C=O) groups excluding carboxylic acids is 1. The molecule has 1 radical (unpaired) electrons. The van der Waals surface area contributed by atoms with Crippen LogP contribution in [0.25, 0.3) is 0 Å². The molecular weight excluding hydrogens is 184 g/mol. The average molecular weight is 196 g/mol. The van der Waals surface area contributed by atoms with Gasteiger partial charge >= 0.3 is 0 Å². The number of hydrogen-bond acceptors (Lipinski definition) is 1. The highest BCUT2D eigenvalue weighted by molar-refractivity contribution is 6.31. The van der Waals surface area contributed by atoms with Crippen LogP contribution >= 0.6 is 11.6 Å². The molecule has 0 heterocycles. The summed E-state index contributed by atoms with van der Waals surface area (Å²) in [6, 6.07) is 7.05. The van der Waals surface area contributed by atoms with E-state index in [-0.39, 0.29) is 5.78 Å². The van der Waals surface area contributed by atoms with E-state index in [1.807, 2.05) is 0 Å². The summed E-state index contributed by atoms with van der Waals surface area (Å²) >= 11 is 5.76. The van der Waals surface area contributed by atoms with E-state index < -0.39 is 0 Å². The minimum Gasteiger partial charge on any atom is -0.294 e. The molecule has 69 valence electrons. The predicted octanol–water partition coefficient (Wildman–Crippen LogP) is 3.53. The van der Waals surface area contributed by atoms with E-state index in [1.54, 1.807) is 24.3 Å². The van der Waals surface area contributed by atoms with Crippen LogP contribution in [0.1, 0.15) is 29.6 Å². The van der Waals surface area contributed by atoms with Gasteiger partial charge < -0.3 is 0 Å². The van der Waals surface area contributed by atoms with Crippen molar-refractivity contribution in [2.24, 2.45) is 0 Å². The number of ketones is 1. The summed E-state index contributed by atoms with van der Waals surface area (Å²) in [5, 5.41) is 0.612. The Morgan fingerprint density at radius 1 is 1.46 bits per heavy atom. The molecule has 1 rings (SSSR count). The maximum Gasteiger partial charge on any atom is 0.162 e. The van der Waals surface area contributed by atoms with E-state index in [0.717, 1.165) is 12.8 Å². The van der Waals surface area contributed by atoms with Crippen LogP contribution in [0.3, 0.4) is 0 Å². The number of rotatable bonds is 4. The lowest BCUT2D eigenvalue weighted by atomic mass is 10.1. The van der Waals surface area contributed by atoms with E-state index in [2.05, 4.69) is 6.92 Å². The summed E-state index contributed by atoms with van der Waals surface area (Å²) < 4.78 is 0. The minimum atomic E-state index is 0.145. The fourth-order valence-corrected chi connectivity index (χ4v) is 1.28. The number of hydrogen-bond donors (Lipinski definition) is 0. The molecule has 0 spiro atoms. The van der Waals surface area contributed by atoms with Gasteiger partial charge in [-0.15, -0.1) is 0 Å². The van der Waals surface area contributed by atoms with Crippen LogP contribution < -0.4 is 0 Å². The number of carbonyl (C=O) groups is 1. The van der Waals surface area contributed by atoms with Crippen LogP contribution in [-0.2, 0) is 0 Å². The quantitative estimate of drug-likeness (QED) is 0.672. The monoisotopic (exact) mass is 195 g/mol. The van der Waals surface area contributed by atoms with Crippen LogP contribution in [0, 0.1) is 6.92 Å². The second kappa shape index (κ2) is 5.03. The third kappa shape index (κ3) is 3.19. The molecule has 0 aliphatic rings. The molecular formula is C11H12ClO. The first-order valence-corrected chi connectivity index (χ1v) is 4.70. The molecule has 1 nitrogen and oxygen atoms in total. The zero-order valence-corrected chi connectivity index (χ0v) is 8.18. The van der Waals surface area contributed by atoms with Gasteiger partial charge in [-0.3, -0.25) is 4.79 Å². The van der Waals surface area contributed by atoms with Gasteiger partial charge in [0, 0.05) is 17.0 Å². The molecule has 0 saturated heterocycles. The van der Waals surface area contributed by atoms with Crippen LogP contribution in [-0.4, -0.2) is 5.78 Å². The number of Topliss-reactive ketones (excluding diaryl/α,β-unsaturated/α-hetero) is 1. The lowest BCUT2D eigenvalue weighted by Gasteiger charge is -1.99. The highest BCUT2D eigenvalue weighted by Gasteiger charge is 2.04. The molecule has 0 aromatic heterocycles. The summed E-state index contributed by atoms with van der Waals surface area (Å²) in [5.41, 5.74) is 0.695. The molecule has 13 heavy (non-hydrogen) atoms. The topological polar surface area (TPSA) is 17.1 Å². The highest BCUT2D eigenvalue weighted by atomic mass is 35.5. The molecule has 0 atom stereocenters. The molecule has 2 heteroatoms. The number of benzene rings is 1. The van der Waals surface area contributed by atoms with E-state index in [1.165, 1.54) is 0 Å². The predicted molar refractivity (Wildman–Crippen MR) is 55.0 cm³/mol. The number of unbranched alkanes of at least 4 members (excludes halogenated alkanes) is 1. The third-order valence-electron chi connectivity index (χ3n) is 1.80. The highest BCUT2D eigenvalue weighted by Crippen LogP contribution is 2.13. The van der Waals surface area contributed by atoms with Crippen molar-refractivity contribution in [3.8, 4) is 0 Å². The fraction of sp³-hybridized carbons (Fsp3) is 0.273. The van der Waals surface area contributed by atoms with Crippen LogP contribution in [0.15, 0.2) is 24.3 Å². The summed E-state index contributed by atoms with van der Waals surface area (Å²) in [5.74, 6) is 0.145. The molecule has 0 aliphatic heterocycles. The van der Waals surface area contributed by atoms with Crippen LogP contribution in [0.5, 0.6) is 0 Å². The molecule has 1 aromatic carbocycles. The largest absolute Gasteiger partial charge is 0.294 e. The van der Waals surface area contributed by atoms with E-state index >= 15 is 0 Å². The van der Waals surface area contributed by atoms with Crippen molar-refractivity contribution in [1.82, 2.24) is 0 Å². The van der Waals surface area contributed by atoms with Gasteiger partial charge in [-0.05, 0) is 18.6 Å². The molecule has 0 N–H and O–H groups in total. The Hall–Kier alpha value is -0.820. The fourth-order valence-electron chi connectivity index (χ4n) is 1.09. The second-order valence-electron chi connectivity index (χ2n) is 2.89. The molecule has 0 fully saturated rings. The first-order chi connectivity index (χ1) is 6.24. The summed E-state index contributed by atoms with van der Waals surface area (Å²) in [4.78, 5) is 11.5. The zero-order valence-electron chi connectivity index (χ0n) is 7.42.